The highest BCUT2D eigenvalue weighted by Crippen LogP contribution is 2.27. The van der Waals surface area contributed by atoms with Gasteiger partial charge < -0.3 is 15.6 Å². The van der Waals surface area contributed by atoms with Crippen LogP contribution in [-0.4, -0.2) is 17.8 Å². The van der Waals surface area contributed by atoms with Crippen molar-refractivity contribution in [3.8, 4) is 11.5 Å². The maximum absolute atomic E-state index is 9.52. The molecule has 0 aromatic heterocycles. The number of methoxy groups -OCH3 is 1. The summed E-state index contributed by atoms with van der Waals surface area (Å²) in [5.74, 6) is 0.651. The quantitative estimate of drug-likeness (QED) is 0.771. The Kier molecular flexibility index (Phi) is 3.01. The van der Waals surface area contributed by atoms with Gasteiger partial charge in [0.15, 0.2) is 11.5 Å². The molecule has 0 aliphatic carbocycles. The molecule has 0 amide bonds. The summed E-state index contributed by atoms with van der Waals surface area (Å²) >= 11 is 0. The predicted octanol–water partition coefficient (Wildman–Crippen LogP) is 1.68. The van der Waals surface area contributed by atoms with Crippen LogP contribution in [0.5, 0.6) is 11.5 Å². The zero-order valence-corrected chi connectivity index (χ0v) is 8.87. The molecule has 3 nitrogen and oxygen atoms in total. The number of nitrogens with two attached hydrogens (primary N) is 1. The normalized spacial score (nSPS) is 11.4. The number of phenolic OH excluding ortho intramolecular Hbond substituents is 1. The third-order valence-corrected chi connectivity index (χ3v) is 1.90. The van der Waals surface area contributed by atoms with Gasteiger partial charge in [-0.15, -0.1) is 0 Å². The lowest BCUT2D eigenvalue weighted by atomic mass is 9.96. The Hall–Kier alpha value is -1.22. The first-order valence-corrected chi connectivity index (χ1v) is 4.57. The third-order valence-electron chi connectivity index (χ3n) is 1.90. The first-order chi connectivity index (χ1) is 6.42. The van der Waals surface area contributed by atoms with E-state index in [1.807, 2.05) is 19.9 Å². The molecule has 0 spiro atoms. The molecule has 0 heterocycles. The fourth-order valence-corrected chi connectivity index (χ4v) is 1.37. The molecule has 1 rings (SSSR count). The minimum Gasteiger partial charge on any atom is -0.504 e. The van der Waals surface area contributed by atoms with Gasteiger partial charge in [-0.3, -0.25) is 0 Å². The summed E-state index contributed by atoms with van der Waals surface area (Å²) < 4.78 is 4.95. The average Bonchev–Trinajstić information content (AvgIpc) is 2.01. The van der Waals surface area contributed by atoms with Gasteiger partial charge in [0.05, 0.1) is 7.11 Å². The van der Waals surface area contributed by atoms with Crippen molar-refractivity contribution >= 4 is 0 Å². The summed E-state index contributed by atoms with van der Waals surface area (Å²) in [7, 11) is 1.53. The van der Waals surface area contributed by atoms with Crippen molar-refractivity contribution in [3.05, 3.63) is 23.8 Å². The third kappa shape index (κ3) is 2.92. The van der Waals surface area contributed by atoms with Crippen molar-refractivity contribution in [1.29, 1.82) is 0 Å². The number of ether oxygens (including phenoxy) is 1. The largest absolute Gasteiger partial charge is 0.504 e. The number of hydrogen-bond donors (Lipinski definition) is 2. The Labute approximate surface area is 84.5 Å². The SMILES string of the molecule is COc1ccc(CC(C)(C)N)cc1O. The van der Waals surface area contributed by atoms with Crippen LogP contribution in [0.3, 0.4) is 0 Å². The molecule has 0 bridgehead atoms. The van der Waals surface area contributed by atoms with Crippen molar-refractivity contribution in [2.75, 3.05) is 7.11 Å². The summed E-state index contributed by atoms with van der Waals surface area (Å²) in [5, 5.41) is 9.52. The van der Waals surface area contributed by atoms with Crippen molar-refractivity contribution in [2.45, 2.75) is 25.8 Å². The monoisotopic (exact) mass is 195 g/mol. The molecule has 1 aromatic carbocycles. The molecule has 1 aromatic rings. The van der Waals surface area contributed by atoms with E-state index in [0.29, 0.717) is 5.75 Å². The van der Waals surface area contributed by atoms with E-state index in [4.69, 9.17) is 10.5 Å². The number of benzene rings is 1. The summed E-state index contributed by atoms with van der Waals surface area (Å²) in [5.41, 5.74) is 6.62. The molecule has 14 heavy (non-hydrogen) atoms. The van der Waals surface area contributed by atoms with Crippen LogP contribution >= 0.6 is 0 Å². The van der Waals surface area contributed by atoms with Gasteiger partial charge in [0, 0.05) is 5.54 Å². The van der Waals surface area contributed by atoms with Crippen molar-refractivity contribution in [3.63, 3.8) is 0 Å². The molecular weight excluding hydrogens is 178 g/mol. The zero-order chi connectivity index (χ0) is 10.8. The highest BCUT2D eigenvalue weighted by molar-refractivity contribution is 5.42. The number of rotatable bonds is 3. The molecule has 0 radical (unpaired) electrons. The second kappa shape index (κ2) is 3.88. The van der Waals surface area contributed by atoms with E-state index >= 15 is 0 Å². The van der Waals surface area contributed by atoms with Gasteiger partial charge in [-0.05, 0) is 38.0 Å². The van der Waals surface area contributed by atoms with E-state index < -0.39 is 0 Å². The number of hydrogen-bond acceptors (Lipinski definition) is 3. The minimum absolute atomic E-state index is 0.161. The van der Waals surface area contributed by atoms with Crippen LogP contribution in [-0.2, 0) is 6.42 Å². The van der Waals surface area contributed by atoms with Gasteiger partial charge in [0.2, 0.25) is 0 Å². The lowest BCUT2D eigenvalue weighted by molar-refractivity contribution is 0.372. The van der Waals surface area contributed by atoms with Crippen molar-refractivity contribution in [2.24, 2.45) is 5.73 Å². The zero-order valence-electron chi connectivity index (χ0n) is 8.87. The maximum atomic E-state index is 9.52. The summed E-state index contributed by atoms with van der Waals surface area (Å²) in [6.07, 6.45) is 0.727. The Morgan fingerprint density at radius 2 is 2.07 bits per heavy atom. The van der Waals surface area contributed by atoms with Gasteiger partial charge in [-0.25, -0.2) is 0 Å². The van der Waals surface area contributed by atoms with E-state index in [0.717, 1.165) is 12.0 Å². The standard InChI is InChI=1S/C11H17NO2/c1-11(2,12)7-8-4-5-10(14-3)9(13)6-8/h4-6,13H,7,12H2,1-3H3. The number of phenols is 1. The van der Waals surface area contributed by atoms with Crippen LogP contribution in [0.1, 0.15) is 19.4 Å². The minimum atomic E-state index is -0.263. The fourth-order valence-electron chi connectivity index (χ4n) is 1.37. The van der Waals surface area contributed by atoms with Gasteiger partial charge in [0.25, 0.3) is 0 Å². The molecule has 3 heteroatoms. The molecule has 0 saturated carbocycles. The smallest absolute Gasteiger partial charge is 0.160 e. The molecule has 0 aliphatic heterocycles. The second-order valence-corrected chi connectivity index (χ2v) is 4.17. The van der Waals surface area contributed by atoms with E-state index in [1.165, 1.54) is 7.11 Å². The van der Waals surface area contributed by atoms with E-state index in [2.05, 4.69) is 0 Å². The van der Waals surface area contributed by atoms with E-state index in [-0.39, 0.29) is 11.3 Å². The van der Waals surface area contributed by atoms with Crippen LogP contribution in [0, 0.1) is 0 Å². The summed E-state index contributed by atoms with van der Waals surface area (Å²) in [6.45, 7) is 3.91. The van der Waals surface area contributed by atoms with Crippen LogP contribution in [0.25, 0.3) is 0 Å². The van der Waals surface area contributed by atoms with E-state index in [1.54, 1.807) is 12.1 Å². The number of aromatic hydroxyl groups is 1. The van der Waals surface area contributed by atoms with Gasteiger partial charge in [-0.1, -0.05) is 6.07 Å². The molecule has 0 fully saturated rings. The first-order valence-electron chi connectivity index (χ1n) is 4.57. The van der Waals surface area contributed by atoms with Gasteiger partial charge >= 0.3 is 0 Å². The Morgan fingerprint density at radius 1 is 1.43 bits per heavy atom. The lowest BCUT2D eigenvalue weighted by Crippen LogP contribution is -2.34. The fraction of sp³-hybridized carbons (Fsp3) is 0.455. The molecule has 3 N–H and O–H groups in total. The van der Waals surface area contributed by atoms with Crippen LogP contribution in [0.4, 0.5) is 0 Å². The topological polar surface area (TPSA) is 55.5 Å². The van der Waals surface area contributed by atoms with E-state index in [9.17, 15) is 5.11 Å². The van der Waals surface area contributed by atoms with Gasteiger partial charge in [0.1, 0.15) is 0 Å². The second-order valence-electron chi connectivity index (χ2n) is 4.17. The summed E-state index contributed by atoms with van der Waals surface area (Å²) in [4.78, 5) is 0. The highest BCUT2D eigenvalue weighted by atomic mass is 16.5. The molecule has 78 valence electrons. The Morgan fingerprint density at radius 3 is 2.50 bits per heavy atom. The van der Waals surface area contributed by atoms with Gasteiger partial charge in [-0.2, -0.15) is 0 Å². The van der Waals surface area contributed by atoms with Crippen molar-refractivity contribution in [1.82, 2.24) is 0 Å². The molecule has 0 atom stereocenters. The lowest BCUT2D eigenvalue weighted by Gasteiger charge is -2.18. The molecule has 0 unspecified atom stereocenters. The Balaban J connectivity index is 2.87. The average molecular weight is 195 g/mol. The van der Waals surface area contributed by atoms with Crippen LogP contribution < -0.4 is 10.5 Å². The van der Waals surface area contributed by atoms with Crippen LogP contribution in [0.2, 0.25) is 0 Å². The first kappa shape index (κ1) is 10.9. The maximum Gasteiger partial charge on any atom is 0.160 e. The molecular formula is C11H17NO2. The molecule has 0 saturated heterocycles. The molecule has 0 aliphatic rings. The van der Waals surface area contributed by atoms with Crippen molar-refractivity contribution < 1.29 is 9.84 Å². The van der Waals surface area contributed by atoms with Crippen LogP contribution in [0.15, 0.2) is 18.2 Å². The highest BCUT2D eigenvalue weighted by Gasteiger charge is 2.12. The Bertz CT molecular complexity index is 316. The summed E-state index contributed by atoms with van der Waals surface area (Å²) in [6, 6.07) is 5.34. The predicted molar refractivity (Wildman–Crippen MR) is 56.6 cm³/mol.